The molecular weight excluding hydrogens is 257 g/mol. The van der Waals surface area contributed by atoms with Crippen molar-refractivity contribution in [2.24, 2.45) is 0 Å². The molecule has 2 aromatic rings. The smallest absolute Gasteiger partial charge is 0.146 e. The van der Waals surface area contributed by atoms with Crippen LogP contribution in [0.15, 0.2) is 36.4 Å². The molecule has 0 amide bonds. The predicted octanol–water partition coefficient (Wildman–Crippen LogP) is 3.76. The lowest BCUT2D eigenvalue weighted by molar-refractivity contribution is 0.393. The molecule has 0 saturated carbocycles. The third kappa shape index (κ3) is 3.41. The van der Waals surface area contributed by atoms with Crippen LogP contribution in [0.1, 0.15) is 11.1 Å². The summed E-state index contributed by atoms with van der Waals surface area (Å²) in [6, 6.07) is 10.6. The first-order valence-corrected chi connectivity index (χ1v) is 6.34. The molecule has 106 valence electrons. The van der Waals surface area contributed by atoms with Crippen LogP contribution >= 0.6 is 0 Å². The van der Waals surface area contributed by atoms with Gasteiger partial charge in [-0.1, -0.05) is 6.07 Å². The number of aryl methyl sites for hydroxylation is 1. The van der Waals surface area contributed by atoms with E-state index in [2.05, 4.69) is 5.32 Å². The number of anilines is 1. The molecule has 1 N–H and O–H groups in total. The van der Waals surface area contributed by atoms with Gasteiger partial charge in [0.25, 0.3) is 0 Å². The number of hydrogen-bond acceptors (Lipinski definition) is 3. The third-order valence-corrected chi connectivity index (χ3v) is 3.02. The molecule has 0 saturated heterocycles. The van der Waals surface area contributed by atoms with Crippen LogP contribution in [0.3, 0.4) is 0 Å². The molecule has 0 aromatic heterocycles. The van der Waals surface area contributed by atoms with Crippen molar-refractivity contribution in [3.05, 3.63) is 53.3 Å². The Morgan fingerprint density at radius 3 is 2.25 bits per heavy atom. The van der Waals surface area contributed by atoms with E-state index in [-0.39, 0.29) is 5.82 Å². The Morgan fingerprint density at radius 2 is 1.65 bits per heavy atom. The summed E-state index contributed by atoms with van der Waals surface area (Å²) in [5, 5.41) is 3.09. The molecule has 3 nitrogen and oxygen atoms in total. The fourth-order valence-electron chi connectivity index (χ4n) is 1.94. The molecule has 0 atom stereocenters. The van der Waals surface area contributed by atoms with Gasteiger partial charge < -0.3 is 14.8 Å². The van der Waals surface area contributed by atoms with Crippen LogP contribution in [0.5, 0.6) is 11.5 Å². The van der Waals surface area contributed by atoms with Crippen LogP contribution in [0, 0.1) is 12.7 Å². The summed E-state index contributed by atoms with van der Waals surface area (Å²) in [5.74, 6) is 1.17. The summed E-state index contributed by atoms with van der Waals surface area (Å²) in [6.07, 6.45) is 0. The van der Waals surface area contributed by atoms with Gasteiger partial charge in [0.2, 0.25) is 0 Å². The molecule has 2 aromatic carbocycles. The van der Waals surface area contributed by atoms with Gasteiger partial charge >= 0.3 is 0 Å². The Hall–Kier alpha value is -2.23. The molecule has 2 rings (SSSR count). The summed E-state index contributed by atoms with van der Waals surface area (Å²) in [7, 11) is 3.21. The first-order chi connectivity index (χ1) is 9.62. The van der Waals surface area contributed by atoms with Crippen molar-refractivity contribution in [2.75, 3.05) is 19.5 Å². The van der Waals surface area contributed by atoms with Crippen molar-refractivity contribution in [1.29, 1.82) is 0 Å². The standard InChI is InChI=1S/C16H18FNO2/c1-11-4-5-15(17)16(6-11)18-10-12-7-13(19-2)9-14(8-12)20-3/h4-9,18H,10H2,1-3H3. The second-order valence-corrected chi connectivity index (χ2v) is 4.56. The monoisotopic (exact) mass is 275 g/mol. The van der Waals surface area contributed by atoms with E-state index in [9.17, 15) is 4.39 Å². The van der Waals surface area contributed by atoms with Gasteiger partial charge in [-0.15, -0.1) is 0 Å². The average molecular weight is 275 g/mol. The van der Waals surface area contributed by atoms with Gasteiger partial charge in [0.15, 0.2) is 0 Å². The van der Waals surface area contributed by atoms with Crippen molar-refractivity contribution in [3.8, 4) is 11.5 Å². The molecule has 0 bridgehead atoms. The molecule has 0 heterocycles. The zero-order valence-electron chi connectivity index (χ0n) is 11.9. The molecule has 0 aliphatic heterocycles. The second kappa shape index (κ2) is 6.28. The Kier molecular flexibility index (Phi) is 4.45. The SMILES string of the molecule is COc1cc(CNc2cc(C)ccc2F)cc(OC)c1. The van der Waals surface area contributed by atoms with Crippen molar-refractivity contribution in [1.82, 2.24) is 0 Å². The van der Waals surface area contributed by atoms with E-state index in [0.29, 0.717) is 23.7 Å². The van der Waals surface area contributed by atoms with Gasteiger partial charge in [-0.2, -0.15) is 0 Å². The first-order valence-electron chi connectivity index (χ1n) is 6.34. The van der Waals surface area contributed by atoms with Crippen LogP contribution in [-0.2, 0) is 6.54 Å². The Labute approximate surface area is 118 Å². The van der Waals surface area contributed by atoms with E-state index in [0.717, 1.165) is 11.1 Å². The Bertz CT molecular complexity index is 577. The first kappa shape index (κ1) is 14.2. The highest BCUT2D eigenvalue weighted by Crippen LogP contribution is 2.24. The van der Waals surface area contributed by atoms with E-state index in [4.69, 9.17) is 9.47 Å². The molecule has 0 unspecified atom stereocenters. The maximum absolute atomic E-state index is 13.7. The number of hydrogen-bond donors (Lipinski definition) is 1. The van der Waals surface area contributed by atoms with Crippen molar-refractivity contribution in [2.45, 2.75) is 13.5 Å². The van der Waals surface area contributed by atoms with E-state index in [1.54, 1.807) is 32.4 Å². The fraction of sp³-hybridized carbons (Fsp3) is 0.250. The van der Waals surface area contributed by atoms with Gasteiger partial charge in [-0.25, -0.2) is 4.39 Å². The van der Waals surface area contributed by atoms with Crippen LogP contribution < -0.4 is 14.8 Å². The predicted molar refractivity (Wildman–Crippen MR) is 78.0 cm³/mol. The molecule has 0 radical (unpaired) electrons. The summed E-state index contributed by atoms with van der Waals surface area (Å²) >= 11 is 0. The van der Waals surface area contributed by atoms with Gasteiger partial charge in [0.05, 0.1) is 19.9 Å². The topological polar surface area (TPSA) is 30.5 Å². The van der Waals surface area contributed by atoms with Crippen LogP contribution in [0.25, 0.3) is 0 Å². The average Bonchev–Trinajstić information content (AvgIpc) is 2.47. The van der Waals surface area contributed by atoms with E-state index >= 15 is 0 Å². The fourth-order valence-corrected chi connectivity index (χ4v) is 1.94. The minimum Gasteiger partial charge on any atom is -0.497 e. The summed E-state index contributed by atoms with van der Waals surface area (Å²) < 4.78 is 24.1. The number of methoxy groups -OCH3 is 2. The van der Waals surface area contributed by atoms with Gasteiger partial charge in [0, 0.05) is 12.6 Å². The lowest BCUT2D eigenvalue weighted by Gasteiger charge is -2.11. The zero-order valence-corrected chi connectivity index (χ0v) is 11.9. The normalized spacial score (nSPS) is 10.2. The maximum atomic E-state index is 13.7. The maximum Gasteiger partial charge on any atom is 0.146 e. The number of halogens is 1. The van der Waals surface area contributed by atoms with E-state index in [1.807, 2.05) is 19.1 Å². The van der Waals surface area contributed by atoms with Crippen molar-refractivity contribution in [3.63, 3.8) is 0 Å². The molecule has 0 aliphatic rings. The lowest BCUT2D eigenvalue weighted by atomic mass is 10.1. The quantitative estimate of drug-likeness (QED) is 0.901. The van der Waals surface area contributed by atoms with E-state index in [1.165, 1.54) is 6.07 Å². The number of benzene rings is 2. The number of nitrogens with one attached hydrogen (secondary N) is 1. The summed E-state index contributed by atoms with van der Waals surface area (Å²) in [5.41, 5.74) is 2.46. The molecule has 0 aliphatic carbocycles. The van der Waals surface area contributed by atoms with Crippen LogP contribution in [0.2, 0.25) is 0 Å². The van der Waals surface area contributed by atoms with Gasteiger partial charge in [-0.05, 0) is 42.3 Å². The van der Waals surface area contributed by atoms with E-state index < -0.39 is 0 Å². The van der Waals surface area contributed by atoms with Crippen molar-refractivity contribution >= 4 is 5.69 Å². The van der Waals surface area contributed by atoms with Gasteiger partial charge in [-0.3, -0.25) is 0 Å². The molecule has 4 heteroatoms. The Morgan fingerprint density at radius 1 is 1.00 bits per heavy atom. The third-order valence-electron chi connectivity index (χ3n) is 3.02. The molecule has 20 heavy (non-hydrogen) atoms. The van der Waals surface area contributed by atoms with Crippen molar-refractivity contribution < 1.29 is 13.9 Å². The highest BCUT2D eigenvalue weighted by Gasteiger charge is 2.05. The zero-order chi connectivity index (χ0) is 14.5. The minimum absolute atomic E-state index is 0.259. The minimum atomic E-state index is -0.259. The highest BCUT2D eigenvalue weighted by atomic mass is 19.1. The molecular formula is C16H18FNO2. The molecule has 0 spiro atoms. The summed E-state index contributed by atoms with van der Waals surface area (Å²) in [6.45, 7) is 2.42. The lowest BCUT2D eigenvalue weighted by Crippen LogP contribution is -2.02. The Balaban J connectivity index is 2.16. The number of rotatable bonds is 5. The molecule has 0 fully saturated rings. The second-order valence-electron chi connectivity index (χ2n) is 4.56. The summed E-state index contributed by atoms with van der Waals surface area (Å²) in [4.78, 5) is 0. The van der Waals surface area contributed by atoms with Crippen LogP contribution in [0.4, 0.5) is 10.1 Å². The van der Waals surface area contributed by atoms with Crippen LogP contribution in [-0.4, -0.2) is 14.2 Å². The van der Waals surface area contributed by atoms with Gasteiger partial charge in [0.1, 0.15) is 17.3 Å². The highest BCUT2D eigenvalue weighted by molar-refractivity contribution is 5.48. The largest absolute Gasteiger partial charge is 0.497 e. The number of ether oxygens (including phenoxy) is 2.